The zero-order valence-corrected chi connectivity index (χ0v) is 17.2. The third-order valence-electron chi connectivity index (χ3n) is 4.14. The van der Waals surface area contributed by atoms with Gasteiger partial charge in [0.05, 0.1) is 21.9 Å². The molecule has 9 heteroatoms. The Bertz CT molecular complexity index is 1220. The molecule has 29 heavy (non-hydrogen) atoms. The molecule has 0 fully saturated rings. The number of nitrogens with zero attached hydrogens (tertiary/aromatic N) is 3. The van der Waals surface area contributed by atoms with E-state index in [-0.39, 0.29) is 0 Å². The summed E-state index contributed by atoms with van der Waals surface area (Å²) in [7, 11) is 0. The number of aliphatic carboxylic acids is 1. The van der Waals surface area contributed by atoms with Crippen LogP contribution < -0.4 is 5.32 Å². The molecule has 2 aromatic carbocycles. The number of nitrogens with one attached hydrogen (secondary N) is 1. The van der Waals surface area contributed by atoms with Crippen LogP contribution in [-0.4, -0.2) is 25.7 Å². The third kappa shape index (κ3) is 4.42. The van der Waals surface area contributed by atoms with Gasteiger partial charge >= 0.3 is 5.97 Å². The van der Waals surface area contributed by atoms with Crippen LogP contribution >= 0.6 is 34.5 Å². The molecule has 2 aromatic heterocycles. The number of hydrogen-bond acceptors (Lipinski definition) is 5. The van der Waals surface area contributed by atoms with Crippen molar-refractivity contribution in [1.29, 1.82) is 0 Å². The molecular formula is C20H14Cl2N4O2S. The van der Waals surface area contributed by atoms with Crippen LogP contribution in [-0.2, 0) is 11.3 Å². The molecule has 4 aromatic rings. The average molecular weight is 445 g/mol. The highest BCUT2D eigenvalue weighted by molar-refractivity contribution is 7.20. The van der Waals surface area contributed by atoms with Crippen molar-refractivity contribution in [2.45, 2.75) is 6.54 Å². The van der Waals surface area contributed by atoms with Crippen molar-refractivity contribution in [3.05, 3.63) is 75.9 Å². The van der Waals surface area contributed by atoms with Gasteiger partial charge < -0.3 is 10.4 Å². The lowest BCUT2D eigenvalue weighted by Crippen LogP contribution is -2.00. The highest BCUT2D eigenvalue weighted by Crippen LogP contribution is 2.27. The molecule has 0 radical (unpaired) electrons. The normalized spacial score (nSPS) is 11.4. The first-order chi connectivity index (χ1) is 14.0. The predicted octanol–water partition coefficient (Wildman–Crippen LogP) is 5.47. The van der Waals surface area contributed by atoms with Gasteiger partial charge in [-0.15, -0.1) is 5.10 Å². The molecule has 0 aliphatic rings. The van der Waals surface area contributed by atoms with E-state index < -0.39 is 5.97 Å². The number of aromatic nitrogens is 3. The second-order valence-corrected chi connectivity index (χ2v) is 7.91. The number of anilines is 1. The van der Waals surface area contributed by atoms with E-state index in [4.69, 9.17) is 28.3 Å². The second kappa shape index (κ2) is 8.24. The van der Waals surface area contributed by atoms with Crippen LogP contribution in [0.25, 0.3) is 22.3 Å². The minimum absolute atomic E-state index is 0.517. The first-order valence-corrected chi connectivity index (χ1v) is 10.1. The smallest absolute Gasteiger partial charge is 0.328 e. The van der Waals surface area contributed by atoms with Crippen molar-refractivity contribution >= 4 is 56.7 Å². The predicted molar refractivity (Wildman–Crippen MR) is 117 cm³/mol. The highest BCUT2D eigenvalue weighted by Gasteiger charge is 2.11. The minimum Gasteiger partial charge on any atom is -0.478 e. The molecule has 146 valence electrons. The van der Waals surface area contributed by atoms with Gasteiger partial charge in [0.25, 0.3) is 0 Å². The summed E-state index contributed by atoms with van der Waals surface area (Å²) in [5.74, 6) is -0.977. The largest absolute Gasteiger partial charge is 0.478 e. The number of benzene rings is 2. The van der Waals surface area contributed by atoms with Gasteiger partial charge in [-0.2, -0.15) is 0 Å². The number of carbonyl (C=O) groups is 1. The Morgan fingerprint density at radius 1 is 1.17 bits per heavy atom. The minimum atomic E-state index is -0.977. The number of carboxylic acids is 1. The molecule has 0 amide bonds. The standard InChI is InChI=1S/C20H14Cl2N4O2S/c21-15-7-3-13(9-16(15)22)10-23-19-25-26-17(11-24-20(26)29-19)14-5-1-12(2-6-14)4-8-18(27)28/h1-9,11H,10H2,(H,23,25)(H,27,28)/b8-4+. The molecule has 2 heterocycles. The van der Waals surface area contributed by atoms with E-state index in [2.05, 4.69) is 15.4 Å². The van der Waals surface area contributed by atoms with E-state index in [1.54, 1.807) is 22.9 Å². The first kappa shape index (κ1) is 19.4. The Morgan fingerprint density at radius 3 is 2.69 bits per heavy atom. The molecule has 0 saturated heterocycles. The van der Waals surface area contributed by atoms with Crippen molar-refractivity contribution in [3.8, 4) is 11.3 Å². The lowest BCUT2D eigenvalue weighted by atomic mass is 10.1. The van der Waals surface area contributed by atoms with Crippen LogP contribution in [0.15, 0.2) is 54.7 Å². The molecule has 0 atom stereocenters. The summed E-state index contributed by atoms with van der Waals surface area (Å²) in [5, 5.41) is 18.4. The van der Waals surface area contributed by atoms with Crippen LogP contribution in [0.4, 0.5) is 5.13 Å². The summed E-state index contributed by atoms with van der Waals surface area (Å²) >= 11 is 13.5. The summed E-state index contributed by atoms with van der Waals surface area (Å²) < 4.78 is 1.78. The van der Waals surface area contributed by atoms with Gasteiger partial charge in [-0.25, -0.2) is 14.3 Å². The van der Waals surface area contributed by atoms with Crippen LogP contribution in [0.2, 0.25) is 10.0 Å². The van der Waals surface area contributed by atoms with Gasteiger partial charge in [0.1, 0.15) is 0 Å². The van der Waals surface area contributed by atoms with E-state index >= 15 is 0 Å². The number of carboxylic acid groups (broad SMARTS) is 1. The van der Waals surface area contributed by atoms with Crippen LogP contribution in [0.1, 0.15) is 11.1 Å². The average Bonchev–Trinajstić information content (AvgIpc) is 3.28. The Morgan fingerprint density at radius 2 is 1.97 bits per heavy atom. The van der Waals surface area contributed by atoms with Crippen molar-refractivity contribution in [2.24, 2.45) is 0 Å². The molecule has 0 unspecified atom stereocenters. The fourth-order valence-electron chi connectivity index (χ4n) is 2.72. The number of fused-ring (bicyclic) bond motifs is 1. The van der Waals surface area contributed by atoms with Gasteiger partial charge in [0.2, 0.25) is 10.1 Å². The molecule has 0 spiro atoms. The van der Waals surface area contributed by atoms with Crippen molar-refractivity contribution in [1.82, 2.24) is 14.6 Å². The van der Waals surface area contributed by atoms with Gasteiger partial charge in [-0.3, -0.25) is 0 Å². The maximum Gasteiger partial charge on any atom is 0.328 e. The van der Waals surface area contributed by atoms with Crippen molar-refractivity contribution in [3.63, 3.8) is 0 Å². The quantitative estimate of drug-likeness (QED) is 0.385. The van der Waals surface area contributed by atoms with Crippen molar-refractivity contribution in [2.75, 3.05) is 5.32 Å². The van der Waals surface area contributed by atoms with Gasteiger partial charge in [0, 0.05) is 18.2 Å². The fourth-order valence-corrected chi connectivity index (χ4v) is 3.81. The molecule has 2 N–H and O–H groups in total. The molecule has 4 rings (SSSR count). The molecule has 0 aliphatic heterocycles. The molecule has 0 bridgehead atoms. The monoisotopic (exact) mass is 444 g/mol. The molecule has 0 saturated carbocycles. The van der Waals surface area contributed by atoms with E-state index in [0.717, 1.165) is 38.6 Å². The zero-order valence-electron chi connectivity index (χ0n) is 14.8. The van der Waals surface area contributed by atoms with Gasteiger partial charge in [-0.1, -0.05) is 64.9 Å². The number of hydrogen-bond donors (Lipinski definition) is 2. The summed E-state index contributed by atoms with van der Waals surface area (Å²) in [5.41, 5.74) is 3.59. The Kier molecular flexibility index (Phi) is 5.53. The Hall–Kier alpha value is -2.87. The maximum absolute atomic E-state index is 10.6. The summed E-state index contributed by atoms with van der Waals surface area (Å²) in [4.78, 5) is 15.8. The van der Waals surface area contributed by atoms with E-state index in [0.29, 0.717) is 16.6 Å². The third-order valence-corrected chi connectivity index (χ3v) is 5.76. The Labute approximate surface area is 180 Å². The van der Waals surface area contributed by atoms with Crippen LogP contribution in [0.5, 0.6) is 0 Å². The SMILES string of the molecule is O=C(O)/C=C/c1ccc(-c2cnc3sc(NCc4ccc(Cl)c(Cl)c4)nn23)cc1. The second-order valence-electron chi connectivity index (χ2n) is 6.14. The van der Waals surface area contributed by atoms with Crippen molar-refractivity contribution < 1.29 is 9.90 Å². The van der Waals surface area contributed by atoms with Gasteiger partial charge in [0.15, 0.2) is 0 Å². The van der Waals surface area contributed by atoms with Gasteiger partial charge in [-0.05, 0) is 29.3 Å². The fraction of sp³-hybridized carbons (Fsp3) is 0.0500. The maximum atomic E-state index is 10.6. The lowest BCUT2D eigenvalue weighted by Gasteiger charge is -2.04. The summed E-state index contributed by atoms with van der Waals surface area (Å²) in [6.45, 7) is 0.563. The Balaban J connectivity index is 1.52. The molecular weight excluding hydrogens is 431 g/mol. The van der Waals surface area contributed by atoms with Crippen LogP contribution in [0, 0.1) is 0 Å². The summed E-state index contributed by atoms with van der Waals surface area (Å²) in [6.07, 6.45) is 4.42. The first-order valence-electron chi connectivity index (χ1n) is 8.53. The molecule has 0 aliphatic carbocycles. The molecule has 6 nitrogen and oxygen atoms in total. The zero-order chi connectivity index (χ0) is 20.4. The number of rotatable bonds is 6. The highest BCUT2D eigenvalue weighted by atomic mass is 35.5. The number of halogens is 2. The number of imidazole rings is 1. The topological polar surface area (TPSA) is 79.5 Å². The van der Waals surface area contributed by atoms with Crippen LogP contribution in [0.3, 0.4) is 0 Å². The lowest BCUT2D eigenvalue weighted by molar-refractivity contribution is -0.131. The van der Waals surface area contributed by atoms with E-state index in [1.165, 1.54) is 11.3 Å². The van der Waals surface area contributed by atoms with E-state index in [9.17, 15) is 4.79 Å². The summed E-state index contributed by atoms with van der Waals surface area (Å²) in [6, 6.07) is 13.0. The van der Waals surface area contributed by atoms with E-state index in [1.807, 2.05) is 36.4 Å².